The summed E-state index contributed by atoms with van der Waals surface area (Å²) in [6, 6.07) is 9.72. The summed E-state index contributed by atoms with van der Waals surface area (Å²) >= 11 is 5.90. The molecule has 2 aromatic rings. The highest BCUT2D eigenvalue weighted by molar-refractivity contribution is 6.31. The summed E-state index contributed by atoms with van der Waals surface area (Å²) in [5, 5.41) is 0.294. The number of nitrogens with zero attached hydrogens (tertiary/aromatic N) is 3. The summed E-state index contributed by atoms with van der Waals surface area (Å²) in [5.41, 5.74) is 2.92. The van der Waals surface area contributed by atoms with Gasteiger partial charge in [-0.05, 0) is 49.2 Å². The van der Waals surface area contributed by atoms with Crippen molar-refractivity contribution in [1.29, 1.82) is 0 Å². The monoisotopic (exact) mass is 457 g/mol. The van der Waals surface area contributed by atoms with Gasteiger partial charge < -0.3 is 14.7 Å². The van der Waals surface area contributed by atoms with Gasteiger partial charge in [0.15, 0.2) is 0 Å². The highest BCUT2D eigenvalue weighted by Gasteiger charge is 2.38. The van der Waals surface area contributed by atoms with Gasteiger partial charge in [0.05, 0.1) is 11.5 Å². The van der Waals surface area contributed by atoms with Crippen LogP contribution in [0.4, 0.5) is 10.1 Å². The van der Waals surface area contributed by atoms with Crippen molar-refractivity contribution in [2.45, 2.75) is 20.3 Å². The molecule has 0 aromatic heterocycles. The maximum absolute atomic E-state index is 14.0. The highest BCUT2D eigenvalue weighted by atomic mass is 35.5. The third-order valence-electron chi connectivity index (χ3n) is 6.38. The number of halogens is 2. The van der Waals surface area contributed by atoms with Crippen molar-refractivity contribution in [2.24, 2.45) is 5.92 Å². The fraction of sp³-hybridized carbons (Fsp3) is 0.375. The number of piperazine rings is 1. The van der Waals surface area contributed by atoms with Crippen LogP contribution in [0.2, 0.25) is 5.02 Å². The number of hydrogen-bond donors (Lipinski definition) is 0. The van der Waals surface area contributed by atoms with Gasteiger partial charge in [-0.25, -0.2) is 4.39 Å². The Hall–Kier alpha value is -2.93. The lowest BCUT2D eigenvalue weighted by Gasteiger charge is -2.36. The van der Waals surface area contributed by atoms with Gasteiger partial charge in [0.2, 0.25) is 11.8 Å². The summed E-state index contributed by atoms with van der Waals surface area (Å²) in [6.07, 6.45) is 0.180. The molecule has 2 aliphatic heterocycles. The van der Waals surface area contributed by atoms with E-state index in [-0.39, 0.29) is 23.8 Å². The van der Waals surface area contributed by atoms with Gasteiger partial charge in [-0.2, -0.15) is 0 Å². The van der Waals surface area contributed by atoms with Crippen LogP contribution in [0.15, 0.2) is 36.4 Å². The van der Waals surface area contributed by atoms with Crippen LogP contribution >= 0.6 is 11.6 Å². The molecule has 0 bridgehead atoms. The van der Waals surface area contributed by atoms with Crippen LogP contribution in [-0.2, 0) is 9.59 Å². The zero-order valence-corrected chi connectivity index (χ0v) is 18.9. The molecule has 3 amide bonds. The Kier molecular flexibility index (Phi) is 6.20. The van der Waals surface area contributed by atoms with E-state index in [1.165, 1.54) is 23.1 Å². The average molecular weight is 458 g/mol. The van der Waals surface area contributed by atoms with Crippen LogP contribution in [0.25, 0.3) is 0 Å². The van der Waals surface area contributed by atoms with E-state index in [1.54, 1.807) is 9.80 Å². The quantitative estimate of drug-likeness (QED) is 0.709. The van der Waals surface area contributed by atoms with Gasteiger partial charge in [-0.15, -0.1) is 0 Å². The molecule has 0 N–H and O–H groups in total. The Balaban J connectivity index is 1.38. The van der Waals surface area contributed by atoms with Gasteiger partial charge >= 0.3 is 0 Å². The molecule has 1 unspecified atom stereocenters. The fourth-order valence-electron chi connectivity index (χ4n) is 4.35. The molecule has 2 saturated heterocycles. The molecular formula is C24H25ClFN3O3. The maximum atomic E-state index is 14.0. The van der Waals surface area contributed by atoms with Crippen molar-refractivity contribution in [3.8, 4) is 0 Å². The largest absolute Gasteiger partial charge is 0.339 e. The van der Waals surface area contributed by atoms with Gasteiger partial charge in [-0.1, -0.05) is 23.7 Å². The summed E-state index contributed by atoms with van der Waals surface area (Å²) in [7, 11) is 0. The summed E-state index contributed by atoms with van der Waals surface area (Å²) < 4.78 is 14.0. The third kappa shape index (κ3) is 4.21. The van der Waals surface area contributed by atoms with E-state index in [0.717, 1.165) is 16.8 Å². The number of amides is 3. The maximum Gasteiger partial charge on any atom is 0.257 e. The first-order chi connectivity index (χ1) is 15.3. The third-order valence-corrected chi connectivity index (χ3v) is 6.61. The molecule has 8 heteroatoms. The Morgan fingerprint density at radius 1 is 1.03 bits per heavy atom. The minimum absolute atomic E-state index is 0.0534. The van der Waals surface area contributed by atoms with Gasteiger partial charge in [0.1, 0.15) is 5.82 Å². The normalized spacial score (nSPS) is 18.9. The van der Waals surface area contributed by atoms with Crippen LogP contribution < -0.4 is 4.90 Å². The van der Waals surface area contributed by atoms with Crippen molar-refractivity contribution in [3.05, 3.63) is 63.9 Å². The molecule has 32 heavy (non-hydrogen) atoms. The Labute approximate surface area is 191 Å². The van der Waals surface area contributed by atoms with E-state index in [1.807, 2.05) is 32.0 Å². The second kappa shape index (κ2) is 8.90. The summed E-state index contributed by atoms with van der Waals surface area (Å²) in [5.74, 6) is -1.59. The Bertz CT molecular complexity index is 1080. The molecule has 4 rings (SSSR count). The number of rotatable bonds is 3. The molecule has 0 radical (unpaired) electrons. The van der Waals surface area contributed by atoms with E-state index in [9.17, 15) is 18.8 Å². The zero-order chi connectivity index (χ0) is 23.0. The number of benzene rings is 2. The predicted molar refractivity (Wildman–Crippen MR) is 120 cm³/mol. The van der Waals surface area contributed by atoms with E-state index >= 15 is 0 Å². The molecular weight excluding hydrogens is 433 g/mol. The van der Waals surface area contributed by atoms with Gasteiger partial charge in [-0.3, -0.25) is 14.4 Å². The fourth-order valence-corrected chi connectivity index (χ4v) is 4.53. The van der Waals surface area contributed by atoms with Gasteiger partial charge in [0, 0.05) is 49.9 Å². The smallest absolute Gasteiger partial charge is 0.257 e. The van der Waals surface area contributed by atoms with Crippen molar-refractivity contribution in [3.63, 3.8) is 0 Å². The highest BCUT2D eigenvalue weighted by Crippen LogP contribution is 2.30. The van der Waals surface area contributed by atoms with Crippen LogP contribution in [0.1, 0.15) is 27.9 Å². The predicted octanol–water partition coefficient (Wildman–Crippen LogP) is 3.43. The minimum atomic E-state index is -0.617. The van der Waals surface area contributed by atoms with Crippen LogP contribution in [-0.4, -0.2) is 60.2 Å². The second-order valence-corrected chi connectivity index (χ2v) is 8.80. The average Bonchev–Trinajstić information content (AvgIpc) is 3.17. The summed E-state index contributed by atoms with van der Waals surface area (Å²) in [6.45, 7) is 5.64. The molecule has 1 atom stereocenters. The Morgan fingerprint density at radius 3 is 2.44 bits per heavy atom. The van der Waals surface area contributed by atoms with Crippen LogP contribution in [0.3, 0.4) is 0 Å². The first-order valence-corrected chi connectivity index (χ1v) is 11.0. The second-order valence-electron chi connectivity index (χ2n) is 8.37. The SMILES string of the molecule is Cc1cccc(N2CC(C(=O)N3CCN(C(=O)c4cc(Cl)ccc4F)CC3)CC2=O)c1C. The zero-order valence-electron chi connectivity index (χ0n) is 18.1. The lowest BCUT2D eigenvalue weighted by Crippen LogP contribution is -2.52. The lowest BCUT2D eigenvalue weighted by molar-refractivity contribution is -0.137. The molecule has 6 nitrogen and oxygen atoms in total. The molecule has 2 fully saturated rings. The van der Waals surface area contributed by atoms with Crippen molar-refractivity contribution in [1.82, 2.24) is 9.80 Å². The van der Waals surface area contributed by atoms with Gasteiger partial charge in [0.25, 0.3) is 5.91 Å². The number of carbonyl (C=O) groups is 3. The first-order valence-electron chi connectivity index (χ1n) is 10.7. The number of carbonyl (C=O) groups excluding carboxylic acids is 3. The summed E-state index contributed by atoms with van der Waals surface area (Å²) in [4.78, 5) is 43.3. The van der Waals surface area contributed by atoms with E-state index in [0.29, 0.717) is 37.7 Å². The minimum Gasteiger partial charge on any atom is -0.339 e. The van der Waals surface area contributed by atoms with Crippen molar-refractivity contribution < 1.29 is 18.8 Å². The van der Waals surface area contributed by atoms with E-state index in [2.05, 4.69) is 0 Å². The molecule has 0 aliphatic carbocycles. The van der Waals surface area contributed by atoms with Crippen molar-refractivity contribution >= 4 is 35.0 Å². The standard InChI is InChI=1S/C24H25ClFN3O3/c1-15-4-3-5-21(16(15)2)29-14-17(12-22(29)30)23(31)27-8-10-28(11-9-27)24(32)19-13-18(25)6-7-20(19)26/h3-7,13,17H,8-12,14H2,1-2H3. The molecule has 2 aliphatic rings. The Morgan fingerprint density at radius 2 is 1.72 bits per heavy atom. The van der Waals surface area contributed by atoms with E-state index in [4.69, 9.17) is 11.6 Å². The number of anilines is 1. The molecule has 0 spiro atoms. The number of hydrogen-bond acceptors (Lipinski definition) is 3. The first kappa shape index (κ1) is 22.3. The van der Waals surface area contributed by atoms with Crippen molar-refractivity contribution in [2.75, 3.05) is 37.6 Å². The van der Waals surface area contributed by atoms with Crippen LogP contribution in [0, 0.1) is 25.6 Å². The van der Waals surface area contributed by atoms with Crippen LogP contribution in [0.5, 0.6) is 0 Å². The molecule has 0 saturated carbocycles. The van der Waals surface area contributed by atoms with E-state index < -0.39 is 17.6 Å². The topological polar surface area (TPSA) is 60.9 Å². The number of aryl methyl sites for hydroxylation is 1. The molecule has 2 aromatic carbocycles. The molecule has 2 heterocycles. The lowest BCUT2D eigenvalue weighted by atomic mass is 10.1. The molecule has 168 valence electrons.